The Balaban J connectivity index is 1.57. The van der Waals surface area contributed by atoms with Crippen molar-refractivity contribution in [3.63, 3.8) is 0 Å². The quantitative estimate of drug-likeness (QED) is 0.639. The van der Waals surface area contributed by atoms with E-state index in [2.05, 4.69) is 15.6 Å². The van der Waals surface area contributed by atoms with E-state index in [1.54, 1.807) is 12.4 Å². The lowest BCUT2D eigenvalue weighted by Crippen LogP contribution is -2.41. The molecule has 0 aliphatic rings. The van der Waals surface area contributed by atoms with Crippen LogP contribution < -0.4 is 10.6 Å². The van der Waals surface area contributed by atoms with Crippen molar-refractivity contribution < 1.29 is 9.90 Å². The van der Waals surface area contributed by atoms with E-state index in [4.69, 9.17) is 0 Å². The van der Waals surface area contributed by atoms with Crippen LogP contribution in [-0.4, -0.2) is 28.8 Å². The number of rotatable bonds is 6. The van der Waals surface area contributed by atoms with E-state index in [1.165, 1.54) is 0 Å². The Morgan fingerprint density at radius 3 is 2.23 bits per heavy atom. The fourth-order valence-electron chi connectivity index (χ4n) is 2.70. The SMILES string of the molecule is O=C(Nc1ccc(-c2ccncc2)cc1)N[C@@H](CO)Cc1ccccc1. The van der Waals surface area contributed by atoms with Gasteiger partial charge in [0.1, 0.15) is 0 Å². The topological polar surface area (TPSA) is 74.2 Å². The van der Waals surface area contributed by atoms with Crippen molar-refractivity contribution >= 4 is 11.7 Å². The zero-order valence-electron chi connectivity index (χ0n) is 14.3. The van der Waals surface area contributed by atoms with Crippen molar-refractivity contribution in [3.8, 4) is 11.1 Å². The zero-order valence-corrected chi connectivity index (χ0v) is 14.3. The van der Waals surface area contributed by atoms with E-state index in [0.717, 1.165) is 16.7 Å². The number of amides is 2. The first-order chi connectivity index (χ1) is 12.7. The maximum atomic E-state index is 12.2. The van der Waals surface area contributed by atoms with Gasteiger partial charge in [-0.1, -0.05) is 42.5 Å². The van der Waals surface area contributed by atoms with Gasteiger partial charge < -0.3 is 15.7 Å². The molecular weight excluding hydrogens is 326 g/mol. The third-order valence-corrected chi connectivity index (χ3v) is 4.04. The molecule has 1 atom stereocenters. The van der Waals surface area contributed by atoms with Crippen molar-refractivity contribution in [2.75, 3.05) is 11.9 Å². The van der Waals surface area contributed by atoms with Crippen LogP contribution >= 0.6 is 0 Å². The summed E-state index contributed by atoms with van der Waals surface area (Å²) in [7, 11) is 0. The smallest absolute Gasteiger partial charge is 0.319 e. The minimum atomic E-state index is -0.339. The monoisotopic (exact) mass is 347 g/mol. The number of anilines is 1. The molecule has 0 unspecified atom stereocenters. The molecule has 0 radical (unpaired) electrons. The average molecular weight is 347 g/mol. The molecule has 0 aliphatic heterocycles. The van der Waals surface area contributed by atoms with Gasteiger partial charge in [-0.3, -0.25) is 4.98 Å². The van der Waals surface area contributed by atoms with E-state index < -0.39 is 0 Å². The maximum Gasteiger partial charge on any atom is 0.319 e. The molecule has 3 N–H and O–H groups in total. The first-order valence-corrected chi connectivity index (χ1v) is 8.47. The lowest BCUT2D eigenvalue weighted by Gasteiger charge is -2.17. The van der Waals surface area contributed by atoms with E-state index in [-0.39, 0.29) is 18.7 Å². The molecule has 3 rings (SSSR count). The van der Waals surface area contributed by atoms with E-state index in [0.29, 0.717) is 12.1 Å². The van der Waals surface area contributed by atoms with Gasteiger partial charge in [0, 0.05) is 18.1 Å². The molecule has 132 valence electrons. The molecule has 1 aromatic heterocycles. The Morgan fingerprint density at radius 2 is 1.58 bits per heavy atom. The average Bonchev–Trinajstić information content (AvgIpc) is 2.69. The summed E-state index contributed by atoms with van der Waals surface area (Å²) in [5, 5.41) is 15.1. The molecular formula is C21H21N3O2. The first kappa shape index (κ1) is 17.6. The lowest BCUT2D eigenvalue weighted by molar-refractivity contribution is 0.224. The standard InChI is InChI=1S/C21H21N3O2/c25-15-20(14-16-4-2-1-3-5-16)24-21(26)23-19-8-6-17(7-9-19)18-10-12-22-13-11-18/h1-13,20,25H,14-15H2,(H2,23,24,26)/t20-/m1/s1. The van der Waals surface area contributed by atoms with E-state index in [1.807, 2.05) is 66.7 Å². The van der Waals surface area contributed by atoms with Crippen LogP contribution in [0.5, 0.6) is 0 Å². The van der Waals surface area contributed by atoms with Crippen LogP contribution in [-0.2, 0) is 6.42 Å². The summed E-state index contributed by atoms with van der Waals surface area (Å²) < 4.78 is 0. The van der Waals surface area contributed by atoms with Crippen LogP contribution in [0.15, 0.2) is 79.1 Å². The van der Waals surface area contributed by atoms with Crippen LogP contribution in [0.25, 0.3) is 11.1 Å². The Labute approximate surface area is 152 Å². The summed E-state index contributed by atoms with van der Waals surface area (Å²) in [5.74, 6) is 0. The highest BCUT2D eigenvalue weighted by atomic mass is 16.3. The third kappa shape index (κ3) is 4.91. The van der Waals surface area contributed by atoms with Gasteiger partial charge in [-0.25, -0.2) is 4.79 Å². The highest BCUT2D eigenvalue weighted by molar-refractivity contribution is 5.89. The summed E-state index contributed by atoms with van der Waals surface area (Å²) >= 11 is 0. The first-order valence-electron chi connectivity index (χ1n) is 8.47. The highest BCUT2D eigenvalue weighted by Crippen LogP contribution is 2.20. The lowest BCUT2D eigenvalue weighted by atomic mass is 10.1. The van der Waals surface area contributed by atoms with Crippen LogP contribution in [0.3, 0.4) is 0 Å². The maximum absolute atomic E-state index is 12.2. The minimum absolute atomic E-state index is 0.122. The number of pyridine rings is 1. The van der Waals surface area contributed by atoms with Crippen LogP contribution in [0, 0.1) is 0 Å². The van der Waals surface area contributed by atoms with Crippen molar-refractivity contribution in [3.05, 3.63) is 84.7 Å². The molecule has 0 fully saturated rings. The molecule has 5 heteroatoms. The van der Waals surface area contributed by atoms with Gasteiger partial charge >= 0.3 is 6.03 Å². The van der Waals surface area contributed by atoms with E-state index in [9.17, 15) is 9.90 Å². The molecule has 26 heavy (non-hydrogen) atoms. The van der Waals surface area contributed by atoms with E-state index >= 15 is 0 Å². The summed E-state index contributed by atoms with van der Waals surface area (Å²) in [5.41, 5.74) is 3.88. The Morgan fingerprint density at radius 1 is 0.923 bits per heavy atom. The number of hydrogen-bond donors (Lipinski definition) is 3. The van der Waals surface area contributed by atoms with Crippen molar-refractivity contribution in [1.82, 2.24) is 10.3 Å². The molecule has 1 heterocycles. The predicted octanol–water partition coefficient (Wildman–Crippen LogP) is 3.47. The molecule has 0 aliphatic carbocycles. The fourth-order valence-corrected chi connectivity index (χ4v) is 2.70. The van der Waals surface area contributed by atoms with Gasteiger partial charge in [0.05, 0.1) is 12.6 Å². The normalized spacial score (nSPS) is 11.6. The number of aliphatic hydroxyl groups is 1. The zero-order chi connectivity index (χ0) is 18.2. The van der Waals surface area contributed by atoms with Gasteiger partial charge in [-0.2, -0.15) is 0 Å². The van der Waals surface area contributed by atoms with Crippen LogP contribution in [0.4, 0.5) is 10.5 Å². The molecule has 2 amide bonds. The number of carbonyl (C=O) groups excluding carboxylic acids is 1. The minimum Gasteiger partial charge on any atom is -0.394 e. The summed E-state index contributed by atoms with van der Waals surface area (Å²) in [6, 6.07) is 20.5. The van der Waals surface area contributed by atoms with Gasteiger partial charge in [0.15, 0.2) is 0 Å². The van der Waals surface area contributed by atoms with Gasteiger partial charge in [0.25, 0.3) is 0 Å². The molecule has 2 aromatic carbocycles. The van der Waals surface area contributed by atoms with Crippen LogP contribution in [0.1, 0.15) is 5.56 Å². The predicted molar refractivity (Wildman–Crippen MR) is 103 cm³/mol. The molecule has 0 saturated heterocycles. The summed E-state index contributed by atoms with van der Waals surface area (Å²) in [6.45, 7) is -0.122. The molecule has 0 spiro atoms. The summed E-state index contributed by atoms with van der Waals surface area (Å²) in [4.78, 5) is 16.2. The second-order valence-corrected chi connectivity index (χ2v) is 5.98. The van der Waals surface area contributed by atoms with Gasteiger partial charge in [-0.15, -0.1) is 0 Å². The Bertz CT molecular complexity index is 821. The fraction of sp³-hybridized carbons (Fsp3) is 0.143. The number of urea groups is 1. The van der Waals surface area contributed by atoms with Gasteiger partial charge in [-0.05, 0) is 47.4 Å². The Hall–Kier alpha value is -3.18. The van der Waals surface area contributed by atoms with Crippen molar-refractivity contribution in [1.29, 1.82) is 0 Å². The van der Waals surface area contributed by atoms with Crippen molar-refractivity contribution in [2.45, 2.75) is 12.5 Å². The number of hydrogen-bond acceptors (Lipinski definition) is 3. The third-order valence-electron chi connectivity index (χ3n) is 4.04. The molecule has 0 saturated carbocycles. The second-order valence-electron chi connectivity index (χ2n) is 5.98. The number of benzene rings is 2. The second kappa shape index (κ2) is 8.78. The number of aromatic nitrogens is 1. The molecule has 5 nitrogen and oxygen atoms in total. The van der Waals surface area contributed by atoms with Gasteiger partial charge in [0.2, 0.25) is 0 Å². The molecule has 3 aromatic rings. The van der Waals surface area contributed by atoms with Crippen molar-refractivity contribution in [2.24, 2.45) is 0 Å². The van der Waals surface area contributed by atoms with Crippen LogP contribution in [0.2, 0.25) is 0 Å². The number of nitrogens with one attached hydrogen (secondary N) is 2. The summed E-state index contributed by atoms with van der Waals surface area (Å²) in [6.07, 6.45) is 4.07. The number of aliphatic hydroxyl groups excluding tert-OH is 1. The largest absolute Gasteiger partial charge is 0.394 e. The highest BCUT2D eigenvalue weighted by Gasteiger charge is 2.12. The number of nitrogens with zero attached hydrogens (tertiary/aromatic N) is 1. The Kier molecular flexibility index (Phi) is 5.96. The molecule has 0 bridgehead atoms. The number of carbonyl (C=O) groups is 1.